The van der Waals surface area contributed by atoms with Crippen LogP contribution in [-0.2, 0) is 4.57 Å². The van der Waals surface area contributed by atoms with Gasteiger partial charge in [0.25, 0.3) is 0 Å². The summed E-state index contributed by atoms with van der Waals surface area (Å²) in [5.41, 5.74) is 2.53. The molecule has 0 spiro atoms. The van der Waals surface area contributed by atoms with E-state index in [2.05, 4.69) is 0 Å². The lowest BCUT2D eigenvalue weighted by Gasteiger charge is -2.13. The van der Waals surface area contributed by atoms with Crippen LogP contribution in [0.4, 0.5) is 0 Å². The molecule has 148 valence electrons. The predicted octanol–water partition coefficient (Wildman–Crippen LogP) is 5.18. The minimum Gasteiger partial charge on any atom is -0.496 e. The summed E-state index contributed by atoms with van der Waals surface area (Å²) in [5.74, 6) is 0.241. The Morgan fingerprint density at radius 1 is 0.821 bits per heavy atom. The molecule has 6 heteroatoms. The monoisotopic (exact) mass is 401 g/mol. The van der Waals surface area contributed by atoms with E-state index in [-0.39, 0.29) is 5.56 Å². The predicted molar refractivity (Wildman–Crippen MR) is 111 cm³/mol. The van der Waals surface area contributed by atoms with Crippen molar-refractivity contribution in [2.24, 2.45) is 0 Å². The van der Waals surface area contributed by atoms with Crippen molar-refractivity contribution in [1.29, 1.82) is 0 Å². The molecule has 2 aromatic carbocycles. The first-order valence-corrected chi connectivity index (χ1v) is 10.3. The van der Waals surface area contributed by atoms with Crippen molar-refractivity contribution >= 4 is 19.1 Å². The summed E-state index contributed by atoms with van der Waals surface area (Å²) < 4.78 is 23.7. The normalized spacial score (nSPS) is 12.3. The maximum Gasteiger partial charge on any atom is 0.431 e. The van der Waals surface area contributed by atoms with Crippen molar-refractivity contribution < 1.29 is 23.6 Å². The number of Topliss-reactive ketones (excluding diaryl/α,β-unsaturated/α-hetero) is 1. The van der Waals surface area contributed by atoms with Crippen LogP contribution in [0.1, 0.15) is 49.9 Å². The van der Waals surface area contributed by atoms with Crippen molar-refractivity contribution in [2.45, 2.75) is 40.3 Å². The molecule has 0 fully saturated rings. The van der Waals surface area contributed by atoms with Gasteiger partial charge < -0.3 is 9.47 Å². The van der Waals surface area contributed by atoms with Gasteiger partial charge in [-0.3, -0.25) is 4.79 Å². The van der Waals surface area contributed by atoms with Crippen molar-refractivity contribution in [1.82, 2.24) is 0 Å². The molecular weight excluding hydrogens is 375 g/mol. The van der Waals surface area contributed by atoms with Gasteiger partial charge in [-0.1, -0.05) is 22.3 Å². The van der Waals surface area contributed by atoms with Crippen LogP contribution < -0.4 is 9.47 Å². The Morgan fingerprint density at radius 2 is 1.25 bits per heavy atom. The fourth-order valence-corrected chi connectivity index (χ4v) is 4.67. The number of rotatable bonds is 7. The maximum absolute atomic E-state index is 13.1. The van der Waals surface area contributed by atoms with Gasteiger partial charge in [-0.05, 0) is 63.4 Å². The Labute approximate surface area is 166 Å². The Bertz CT molecular complexity index is 913. The first kappa shape index (κ1) is 21.8. The molecule has 2 unspecified atom stereocenters. The molecule has 0 heterocycles. The van der Waals surface area contributed by atoms with Crippen LogP contribution in [0.3, 0.4) is 0 Å². The zero-order chi connectivity index (χ0) is 21.2. The first-order chi connectivity index (χ1) is 13.1. The van der Waals surface area contributed by atoms with Crippen LogP contribution in [0, 0.1) is 27.7 Å². The first-order valence-electron chi connectivity index (χ1n) is 8.97. The molecule has 0 aliphatic rings. The minimum atomic E-state index is -2.48. The van der Waals surface area contributed by atoms with Gasteiger partial charge in [-0.2, -0.15) is 0 Å². The van der Waals surface area contributed by atoms with E-state index in [1.165, 1.54) is 21.1 Å². The topological polar surface area (TPSA) is 69.7 Å². The molecule has 2 aromatic rings. The molecule has 28 heavy (non-hydrogen) atoms. The highest BCUT2D eigenvalue weighted by Crippen LogP contribution is 2.40. The van der Waals surface area contributed by atoms with E-state index in [0.717, 1.165) is 22.3 Å². The highest BCUT2D eigenvalue weighted by atomic mass is 31.1. The summed E-state index contributed by atoms with van der Waals surface area (Å²) in [7, 11) is 0.440. The van der Waals surface area contributed by atoms with Gasteiger partial charge in [-0.15, -0.1) is 0 Å². The van der Waals surface area contributed by atoms with E-state index in [0.29, 0.717) is 17.1 Å². The van der Waals surface area contributed by atoms with E-state index >= 15 is 0 Å². The van der Waals surface area contributed by atoms with Crippen LogP contribution >= 0.6 is 7.80 Å². The maximum atomic E-state index is 13.1. The number of carbonyl (C=O) groups is 2. The molecule has 0 aliphatic carbocycles. The third-order valence-corrected chi connectivity index (χ3v) is 6.28. The number of hydrogen-bond donors (Lipinski definition) is 0. The van der Waals surface area contributed by atoms with E-state index in [1.54, 1.807) is 12.1 Å². The highest BCUT2D eigenvalue weighted by Gasteiger charge is 2.44. The molecule has 0 aliphatic heterocycles. The molecule has 0 saturated carbocycles. The Balaban J connectivity index is 2.44. The van der Waals surface area contributed by atoms with E-state index in [1.807, 2.05) is 39.8 Å². The van der Waals surface area contributed by atoms with Crippen LogP contribution in [-0.4, -0.2) is 31.2 Å². The largest absolute Gasteiger partial charge is 0.496 e. The molecule has 0 aromatic heterocycles. The van der Waals surface area contributed by atoms with Gasteiger partial charge in [0.05, 0.1) is 19.8 Å². The van der Waals surface area contributed by atoms with Gasteiger partial charge in [0.15, 0.2) is 0 Å². The lowest BCUT2D eigenvalue weighted by Crippen LogP contribution is -2.19. The quantitative estimate of drug-likeness (QED) is 0.472. The summed E-state index contributed by atoms with van der Waals surface area (Å²) in [5, 5.41) is 0. The Morgan fingerprint density at radius 3 is 1.68 bits per heavy atom. The van der Waals surface area contributed by atoms with Crippen LogP contribution in [0.5, 0.6) is 11.5 Å². The van der Waals surface area contributed by atoms with Crippen molar-refractivity contribution in [3.8, 4) is 11.5 Å². The molecule has 0 bridgehead atoms. The number of ether oxygens (including phenoxy) is 2. The molecule has 0 saturated heterocycles. The van der Waals surface area contributed by atoms with Crippen molar-refractivity contribution in [2.75, 3.05) is 14.2 Å². The molecule has 5 nitrogen and oxygen atoms in total. The summed E-state index contributed by atoms with van der Waals surface area (Å²) >= 11 is 0. The summed E-state index contributed by atoms with van der Waals surface area (Å²) in [4.78, 5) is 26.1. The van der Waals surface area contributed by atoms with E-state index in [9.17, 15) is 14.2 Å². The summed E-state index contributed by atoms with van der Waals surface area (Å²) in [6.07, 6.45) is 0. The van der Waals surface area contributed by atoms with Crippen LogP contribution in [0.25, 0.3) is 0 Å². The summed E-state index contributed by atoms with van der Waals surface area (Å²) in [6.45, 7) is 8.94. The molecule has 0 radical (unpaired) electrons. The highest BCUT2D eigenvalue weighted by molar-refractivity contribution is 7.66. The van der Waals surface area contributed by atoms with Gasteiger partial charge >= 0.3 is 13.3 Å². The van der Waals surface area contributed by atoms with Gasteiger partial charge in [0.1, 0.15) is 17.1 Å². The van der Waals surface area contributed by atoms with Gasteiger partial charge in [0, 0.05) is 0 Å². The number of hydrogen-bond acceptors (Lipinski definition) is 5. The fraction of sp³-hybridized carbons (Fsp3) is 0.364. The van der Waals surface area contributed by atoms with Crippen molar-refractivity contribution in [3.05, 3.63) is 57.6 Å². The average molecular weight is 401 g/mol. The summed E-state index contributed by atoms with van der Waals surface area (Å²) in [6, 6.07) is 7.18. The van der Waals surface area contributed by atoms with Crippen molar-refractivity contribution in [3.63, 3.8) is 0 Å². The molecule has 0 N–H and O–H groups in total. The Kier molecular flexibility index (Phi) is 6.73. The zero-order valence-corrected chi connectivity index (χ0v) is 18.3. The molecule has 0 amide bonds. The SMILES string of the molecule is COc1cc(C)cc(OC)c1C(=O)C(C)[P+](=O)C(=O)c1c(C)cc(C)cc1C. The lowest BCUT2D eigenvalue weighted by atomic mass is 10.0. The van der Waals surface area contributed by atoms with Crippen LogP contribution in [0.2, 0.25) is 0 Å². The lowest BCUT2D eigenvalue weighted by molar-refractivity contribution is 0.0976. The van der Waals surface area contributed by atoms with Crippen LogP contribution in [0.15, 0.2) is 24.3 Å². The molecular formula is C22H26O5P+. The third kappa shape index (κ3) is 4.15. The van der Waals surface area contributed by atoms with E-state index in [4.69, 9.17) is 9.47 Å². The molecule has 2 atom stereocenters. The Hall–Kier alpha value is -2.52. The van der Waals surface area contributed by atoms with Gasteiger partial charge in [-0.25, -0.2) is 4.79 Å². The number of benzene rings is 2. The fourth-order valence-electron chi connectivity index (χ4n) is 3.40. The number of ketones is 1. The standard InChI is InChI=1S/C22H26O5P/c1-12-8-14(3)19(15(4)9-12)22(24)28(25)16(5)21(23)20-17(26-6)10-13(2)11-18(20)27-7/h8-11,16H,1-7H3/q+1. The second-order valence-electron chi connectivity index (χ2n) is 6.99. The second kappa shape index (κ2) is 8.66. The zero-order valence-electron chi connectivity index (χ0n) is 17.4. The average Bonchev–Trinajstić information content (AvgIpc) is 2.64. The van der Waals surface area contributed by atoms with Gasteiger partial charge in [0.2, 0.25) is 11.4 Å². The smallest absolute Gasteiger partial charge is 0.431 e. The minimum absolute atomic E-state index is 0.205. The number of methoxy groups -OCH3 is 2. The second-order valence-corrected chi connectivity index (χ2v) is 8.82. The number of carbonyl (C=O) groups excluding carboxylic acids is 2. The third-order valence-electron chi connectivity index (χ3n) is 4.72. The molecule has 2 rings (SSSR count). The van der Waals surface area contributed by atoms with E-state index < -0.39 is 24.8 Å². The number of aryl methyl sites for hydroxylation is 4.